The topological polar surface area (TPSA) is 35.2 Å². The van der Waals surface area contributed by atoms with Gasteiger partial charge in [-0.1, -0.05) is 0 Å². The number of nitrogens with two attached hydrogens (primary N) is 1. The zero-order valence-corrected chi connectivity index (χ0v) is 8.06. The van der Waals surface area contributed by atoms with Gasteiger partial charge in [-0.2, -0.15) is 11.8 Å². The van der Waals surface area contributed by atoms with E-state index in [1.807, 2.05) is 18.7 Å². The van der Waals surface area contributed by atoms with E-state index in [1.54, 1.807) is 0 Å². The summed E-state index contributed by atoms with van der Waals surface area (Å²) in [5.41, 5.74) is 5.65. The van der Waals surface area contributed by atoms with Crippen LogP contribution in [0.25, 0.3) is 0 Å². The Morgan fingerprint density at radius 1 is 1.73 bits per heavy atom. The highest BCUT2D eigenvalue weighted by Crippen LogP contribution is 2.26. The first-order chi connectivity index (χ1) is 5.20. The van der Waals surface area contributed by atoms with Gasteiger partial charge in [-0.25, -0.2) is 0 Å². The molecule has 0 spiro atoms. The zero-order chi connectivity index (χ0) is 8.27. The molecule has 1 saturated heterocycles. The standard InChI is InChI=1S/C8H17NOS/c1-6(9)5-11-8-3-4-10-7(8)2/h6-8H,3-5,9H2,1-2H3/t6-,7?,8?/m0/s1. The summed E-state index contributed by atoms with van der Waals surface area (Å²) in [6, 6.07) is 0.313. The lowest BCUT2D eigenvalue weighted by Crippen LogP contribution is -2.22. The molecule has 1 rings (SSSR count). The molecular weight excluding hydrogens is 158 g/mol. The highest BCUT2D eigenvalue weighted by molar-refractivity contribution is 8.00. The lowest BCUT2D eigenvalue weighted by atomic mass is 10.3. The van der Waals surface area contributed by atoms with Crippen molar-refractivity contribution in [3.63, 3.8) is 0 Å². The van der Waals surface area contributed by atoms with Crippen molar-refractivity contribution in [2.45, 2.75) is 37.7 Å². The van der Waals surface area contributed by atoms with E-state index >= 15 is 0 Å². The second-order valence-electron chi connectivity index (χ2n) is 3.21. The van der Waals surface area contributed by atoms with Crippen molar-refractivity contribution in [1.82, 2.24) is 0 Å². The van der Waals surface area contributed by atoms with Crippen molar-refractivity contribution in [2.75, 3.05) is 12.4 Å². The van der Waals surface area contributed by atoms with E-state index in [1.165, 1.54) is 6.42 Å². The van der Waals surface area contributed by atoms with E-state index in [4.69, 9.17) is 10.5 Å². The quantitative estimate of drug-likeness (QED) is 0.701. The van der Waals surface area contributed by atoms with Crippen molar-refractivity contribution in [3.8, 4) is 0 Å². The Morgan fingerprint density at radius 2 is 2.45 bits per heavy atom. The number of thioether (sulfide) groups is 1. The van der Waals surface area contributed by atoms with Crippen LogP contribution in [-0.4, -0.2) is 29.8 Å². The second-order valence-corrected chi connectivity index (χ2v) is 4.49. The monoisotopic (exact) mass is 175 g/mol. The maximum absolute atomic E-state index is 5.65. The summed E-state index contributed by atoms with van der Waals surface area (Å²) in [5, 5.41) is 0.681. The third-order valence-corrected chi connectivity index (χ3v) is 3.65. The number of hydrogen-bond acceptors (Lipinski definition) is 3. The van der Waals surface area contributed by atoms with Gasteiger partial charge >= 0.3 is 0 Å². The molecule has 2 unspecified atom stereocenters. The minimum Gasteiger partial charge on any atom is -0.377 e. The lowest BCUT2D eigenvalue weighted by molar-refractivity contribution is 0.127. The van der Waals surface area contributed by atoms with Gasteiger partial charge < -0.3 is 10.5 Å². The molecule has 0 bridgehead atoms. The number of hydrogen-bond donors (Lipinski definition) is 1. The molecule has 0 aromatic carbocycles. The van der Waals surface area contributed by atoms with Gasteiger partial charge in [0.1, 0.15) is 0 Å². The Morgan fingerprint density at radius 3 is 2.91 bits per heavy atom. The second kappa shape index (κ2) is 4.33. The van der Waals surface area contributed by atoms with Gasteiger partial charge in [0.25, 0.3) is 0 Å². The Kier molecular flexibility index (Phi) is 3.69. The normalized spacial score (nSPS) is 34.1. The van der Waals surface area contributed by atoms with Gasteiger partial charge in [0, 0.05) is 23.7 Å². The van der Waals surface area contributed by atoms with Gasteiger partial charge in [0.05, 0.1) is 6.10 Å². The fourth-order valence-corrected chi connectivity index (χ4v) is 2.37. The van der Waals surface area contributed by atoms with Gasteiger partial charge in [-0.05, 0) is 20.3 Å². The predicted molar refractivity (Wildman–Crippen MR) is 49.9 cm³/mol. The molecule has 0 radical (unpaired) electrons. The van der Waals surface area contributed by atoms with E-state index < -0.39 is 0 Å². The first-order valence-electron chi connectivity index (χ1n) is 4.19. The highest BCUT2D eigenvalue weighted by Gasteiger charge is 2.24. The summed E-state index contributed by atoms with van der Waals surface area (Å²) in [6.45, 7) is 5.12. The first-order valence-corrected chi connectivity index (χ1v) is 5.24. The summed E-state index contributed by atoms with van der Waals surface area (Å²) in [5.74, 6) is 1.05. The van der Waals surface area contributed by atoms with Crippen molar-refractivity contribution in [3.05, 3.63) is 0 Å². The SMILES string of the molecule is CC1OCCC1SC[C@H](C)N. The molecule has 1 aliphatic heterocycles. The molecule has 0 aromatic heterocycles. The Bertz CT molecular complexity index is 119. The highest BCUT2D eigenvalue weighted by atomic mass is 32.2. The Labute approximate surface area is 72.9 Å². The average Bonchev–Trinajstić information content (AvgIpc) is 2.31. The third-order valence-electron chi connectivity index (χ3n) is 1.88. The van der Waals surface area contributed by atoms with Gasteiger partial charge in [0.2, 0.25) is 0 Å². The van der Waals surface area contributed by atoms with Crippen LogP contribution in [0, 0.1) is 0 Å². The largest absolute Gasteiger partial charge is 0.377 e. The molecular formula is C8H17NOS. The van der Waals surface area contributed by atoms with Crippen molar-refractivity contribution >= 4 is 11.8 Å². The molecule has 11 heavy (non-hydrogen) atoms. The van der Waals surface area contributed by atoms with Crippen molar-refractivity contribution in [1.29, 1.82) is 0 Å². The van der Waals surface area contributed by atoms with Crippen molar-refractivity contribution < 1.29 is 4.74 Å². The van der Waals surface area contributed by atoms with Crippen LogP contribution in [0.5, 0.6) is 0 Å². The third kappa shape index (κ3) is 3.01. The van der Waals surface area contributed by atoms with Crippen LogP contribution in [0.4, 0.5) is 0 Å². The molecule has 0 aliphatic carbocycles. The average molecular weight is 175 g/mol. The van der Waals surface area contributed by atoms with Crippen LogP contribution in [0.15, 0.2) is 0 Å². The van der Waals surface area contributed by atoms with Gasteiger partial charge in [-0.15, -0.1) is 0 Å². The van der Waals surface area contributed by atoms with Crippen molar-refractivity contribution in [2.24, 2.45) is 5.73 Å². The van der Waals surface area contributed by atoms with Crippen LogP contribution in [-0.2, 0) is 4.74 Å². The maximum atomic E-state index is 5.65. The molecule has 2 N–H and O–H groups in total. The maximum Gasteiger partial charge on any atom is 0.0666 e. The van der Waals surface area contributed by atoms with E-state index in [-0.39, 0.29) is 0 Å². The molecule has 3 heteroatoms. The molecule has 3 atom stereocenters. The lowest BCUT2D eigenvalue weighted by Gasteiger charge is -2.14. The molecule has 0 amide bonds. The summed E-state index contributed by atoms with van der Waals surface area (Å²) < 4.78 is 5.44. The molecule has 1 aliphatic rings. The number of ether oxygens (including phenoxy) is 1. The van der Waals surface area contributed by atoms with Crippen LogP contribution >= 0.6 is 11.8 Å². The first kappa shape index (κ1) is 9.36. The zero-order valence-electron chi connectivity index (χ0n) is 7.25. The minimum absolute atomic E-state index is 0.313. The summed E-state index contributed by atoms with van der Waals surface area (Å²) in [6.07, 6.45) is 1.62. The summed E-state index contributed by atoms with van der Waals surface area (Å²) >= 11 is 1.95. The summed E-state index contributed by atoms with van der Waals surface area (Å²) in [4.78, 5) is 0. The van der Waals surface area contributed by atoms with E-state index in [9.17, 15) is 0 Å². The van der Waals surface area contributed by atoms with Crippen LogP contribution in [0.3, 0.4) is 0 Å². The minimum atomic E-state index is 0.313. The van der Waals surface area contributed by atoms with Crippen LogP contribution < -0.4 is 5.73 Å². The Hall–Kier alpha value is 0.270. The Balaban J connectivity index is 2.15. The molecule has 0 saturated carbocycles. The fourth-order valence-electron chi connectivity index (χ4n) is 1.21. The van der Waals surface area contributed by atoms with E-state index in [0.717, 1.165) is 12.4 Å². The predicted octanol–water partition coefficient (Wildman–Crippen LogP) is 1.24. The van der Waals surface area contributed by atoms with Crippen LogP contribution in [0.2, 0.25) is 0 Å². The van der Waals surface area contributed by atoms with Gasteiger partial charge in [0.15, 0.2) is 0 Å². The van der Waals surface area contributed by atoms with E-state index in [0.29, 0.717) is 17.4 Å². The van der Waals surface area contributed by atoms with Gasteiger partial charge in [-0.3, -0.25) is 0 Å². The molecule has 2 nitrogen and oxygen atoms in total. The summed E-state index contributed by atoms with van der Waals surface area (Å²) in [7, 11) is 0. The fraction of sp³-hybridized carbons (Fsp3) is 1.00. The van der Waals surface area contributed by atoms with Crippen LogP contribution in [0.1, 0.15) is 20.3 Å². The van der Waals surface area contributed by atoms with E-state index in [2.05, 4.69) is 6.92 Å². The molecule has 66 valence electrons. The molecule has 1 heterocycles. The smallest absolute Gasteiger partial charge is 0.0666 e. The molecule has 0 aromatic rings. The molecule has 1 fully saturated rings. The number of rotatable bonds is 3.